The second kappa shape index (κ2) is 8.48. The summed E-state index contributed by atoms with van der Waals surface area (Å²) in [6, 6.07) is 12.4. The standard InChI is InChI=1S/C18H26N4O/c1-14(16(3)22-13-7-11-20-22)19-12-10-18(23)21-15(2)17-8-5-4-6-9-17/h4-9,11,13-16,19H,10,12H2,1-3H3,(H,21,23)/t14-,15+,16-/m1/s1. The summed E-state index contributed by atoms with van der Waals surface area (Å²) in [6.45, 7) is 6.88. The summed E-state index contributed by atoms with van der Waals surface area (Å²) >= 11 is 0. The maximum Gasteiger partial charge on any atom is 0.221 e. The lowest BCUT2D eigenvalue weighted by Gasteiger charge is -2.22. The van der Waals surface area contributed by atoms with Crippen molar-refractivity contribution in [2.45, 2.75) is 45.3 Å². The van der Waals surface area contributed by atoms with Gasteiger partial charge in [-0.15, -0.1) is 0 Å². The molecule has 1 aromatic carbocycles. The van der Waals surface area contributed by atoms with E-state index < -0.39 is 0 Å². The van der Waals surface area contributed by atoms with Crippen molar-refractivity contribution >= 4 is 5.91 Å². The smallest absolute Gasteiger partial charge is 0.221 e. The van der Waals surface area contributed by atoms with Crippen LogP contribution in [0.15, 0.2) is 48.8 Å². The van der Waals surface area contributed by atoms with Gasteiger partial charge in [-0.1, -0.05) is 30.3 Å². The number of carbonyl (C=O) groups is 1. The molecule has 23 heavy (non-hydrogen) atoms. The van der Waals surface area contributed by atoms with Crippen LogP contribution in [0.1, 0.15) is 44.8 Å². The van der Waals surface area contributed by atoms with E-state index in [0.717, 1.165) is 5.56 Å². The highest BCUT2D eigenvalue weighted by atomic mass is 16.1. The molecule has 2 N–H and O–H groups in total. The molecule has 0 aliphatic heterocycles. The van der Waals surface area contributed by atoms with Gasteiger partial charge in [-0.05, 0) is 32.4 Å². The van der Waals surface area contributed by atoms with Crippen molar-refractivity contribution in [1.82, 2.24) is 20.4 Å². The van der Waals surface area contributed by atoms with Crippen LogP contribution < -0.4 is 10.6 Å². The molecule has 0 bridgehead atoms. The van der Waals surface area contributed by atoms with Gasteiger partial charge in [-0.3, -0.25) is 9.48 Å². The maximum atomic E-state index is 12.0. The van der Waals surface area contributed by atoms with Crippen molar-refractivity contribution in [1.29, 1.82) is 0 Å². The van der Waals surface area contributed by atoms with Crippen LogP contribution >= 0.6 is 0 Å². The fourth-order valence-electron chi connectivity index (χ4n) is 2.47. The Kier molecular flexibility index (Phi) is 6.35. The normalized spacial score (nSPS) is 14.9. The molecule has 124 valence electrons. The van der Waals surface area contributed by atoms with Crippen molar-refractivity contribution in [3.8, 4) is 0 Å². The molecule has 0 saturated carbocycles. The minimum absolute atomic E-state index is 0.0316. The molecule has 1 amide bonds. The van der Waals surface area contributed by atoms with Gasteiger partial charge in [0, 0.05) is 31.4 Å². The number of amides is 1. The molecule has 0 aliphatic rings. The van der Waals surface area contributed by atoms with Crippen LogP contribution in [0.2, 0.25) is 0 Å². The molecule has 0 unspecified atom stereocenters. The highest BCUT2D eigenvalue weighted by molar-refractivity contribution is 5.76. The summed E-state index contributed by atoms with van der Waals surface area (Å²) in [7, 11) is 0. The lowest BCUT2D eigenvalue weighted by Crippen LogP contribution is -2.37. The summed E-state index contributed by atoms with van der Waals surface area (Å²) in [6.07, 6.45) is 4.20. The van der Waals surface area contributed by atoms with E-state index in [1.54, 1.807) is 6.20 Å². The van der Waals surface area contributed by atoms with Crippen molar-refractivity contribution < 1.29 is 4.79 Å². The molecule has 2 aromatic rings. The first-order chi connectivity index (χ1) is 11.1. The van der Waals surface area contributed by atoms with Crippen LogP contribution in [0, 0.1) is 0 Å². The zero-order valence-electron chi connectivity index (χ0n) is 14.1. The van der Waals surface area contributed by atoms with Crippen LogP contribution in [0.4, 0.5) is 0 Å². The first kappa shape index (κ1) is 17.2. The second-order valence-corrected chi connectivity index (χ2v) is 5.92. The molecule has 0 radical (unpaired) electrons. The number of hydrogen-bond acceptors (Lipinski definition) is 3. The van der Waals surface area contributed by atoms with Gasteiger partial charge in [-0.2, -0.15) is 5.10 Å². The van der Waals surface area contributed by atoms with Crippen LogP contribution in [0.5, 0.6) is 0 Å². The molecule has 0 saturated heterocycles. The summed E-state index contributed by atoms with van der Waals surface area (Å²) in [5.74, 6) is 0.0628. The molecule has 5 nitrogen and oxygen atoms in total. The summed E-state index contributed by atoms with van der Waals surface area (Å²) in [5.41, 5.74) is 1.12. The van der Waals surface area contributed by atoms with Gasteiger partial charge in [0.05, 0.1) is 12.1 Å². The van der Waals surface area contributed by atoms with Crippen LogP contribution in [0.3, 0.4) is 0 Å². The van der Waals surface area contributed by atoms with Gasteiger partial charge in [0.25, 0.3) is 0 Å². The molecule has 0 fully saturated rings. The number of aromatic nitrogens is 2. The van der Waals surface area contributed by atoms with Crippen LogP contribution in [-0.4, -0.2) is 28.3 Å². The van der Waals surface area contributed by atoms with Gasteiger partial charge in [-0.25, -0.2) is 0 Å². The summed E-state index contributed by atoms with van der Waals surface area (Å²) in [5, 5.41) is 10.7. The number of nitrogens with zero attached hydrogens (tertiary/aromatic N) is 2. The molecule has 2 rings (SSSR count). The average Bonchev–Trinajstić information content (AvgIpc) is 3.09. The molecule has 1 aromatic heterocycles. The lowest BCUT2D eigenvalue weighted by atomic mass is 10.1. The highest BCUT2D eigenvalue weighted by Crippen LogP contribution is 2.11. The van der Waals surface area contributed by atoms with Crippen molar-refractivity contribution in [2.75, 3.05) is 6.54 Å². The van der Waals surface area contributed by atoms with Crippen LogP contribution in [-0.2, 0) is 4.79 Å². The predicted octanol–water partition coefficient (Wildman–Crippen LogP) is 2.69. The molecule has 3 atom stereocenters. The third-order valence-electron chi connectivity index (χ3n) is 4.16. The van der Waals surface area contributed by atoms with Gasteiger partial charge >= 0.3 is 0 Å². The summed E-state index contributed by atoms with van der Waals surface area (Å²) in [4.78, 5) is 12.0. The molecular formula is C18H26N4O. The highest BCUT2D eigenvalue weighted by Gasteiger charge is 2.14. The van der Waals surface area contributed by atoms with Crippen molar-refractivity contribution in [3.63, 3.8) is 0 Å². The lowest BCUT2D eigenvalue weighted by molar-refractivity contribution is -0.121. The van der Waals surface area contributed by atoms with Crippen LogP contribution in [0.25, 0.3) is 0 Å². The van der Waals surface area contributed by atoms with E-state index in [0.29, 0.717) is 13.0 Å². The Bertz CT molecular complexity index is 582. The number of rotatable bonds is 8. The van der Waals surface area contributed by atoms with Crippen molar-refractivity contribution in [2.24, 2.45) is 0 Å². The SMILES string of the molecule is C[C@H](NC(=O)CCN[C@H](C)[C@@H](C)n1cccn1)c1ccccc1. The molecular weight excluding hydrogens is 288 g/mol. The minimum atomic E-state index is 0.0316. The second-order valence-electron chi connectivity index (χ2n) is 5.92. The van der Waals surface area contributed by atoms with E-state index in [9.17, 15) is 4.79 Å². The first-order valence-corrected chi connectivity index (χ1v) is 8.14. The van der Waals surface area contributed by atoms with Gasteiger partial charge in [0.2, 0.25) is 5.91 Å². The third-order valence-corrected chi connectivity index (χ3v) is 4.16. The summed E-state index contributed by atoms with van der Waals surface area (Å²) < 4.78 is 1.93. The molecule has 0 spiro atoms. The van der Waals surface area contributed by atoms with E-state index in [1.165, 1.54) is 0 Å². The largest absolute Gasteiger partial charge is 0.350 e. The number of hydrogen-bond donors (Lipinski definition) is 2. The van der Waals surface area contributed by atoms with E-state index in [4.69, 9.17) is 0 Å². The minimum Gasteiger partial charge on any atom is -0.350 e. The van der Waals surface area contributed by atoms with Gasteiger partial charge in [0.15, 0.2) is 0 Å². The Balaban J connectivity index is 1.70. The zero-order chi connectivity index (χ0) is 16.7. The number of carbonyl (C=O) groups excluding carboxylic acids is 1. The first-order valence-electron chi connectivity index (χ1n) is 8.14. The van der Waals surface area contributed by atoms with E-state index in [-0.39, 0.29) is 24.0 Å². The van der Waals surface area contributed by atoms with Crippen molar-refractivity contribution in [3.05, 3.63) is 54.4 Å². The monoisotopic (exact) mass is 314 g/mol. The fourth-order valence-corrected chi connectivity index (χ4v) is 2.47. The molecule has 5 heteroatoms. The van der Waals surface area contributed by atoms with E-state index >= 15 is 0 Å². The number of nitrogens with one attached hydrogen (secondary N) is 2. The molecule has 0 aliphatic carbocycles. The third kappa shape index (κ3) is 5.21. The predicted molar refractivity (Wildman–Crippen MR) is 92.0 cm³/mol. The quantitative estimate of drug-likeness (QED) is 0.787. The Morgan fingerprint density at radius 1 is 1.17 bits per heavy atom. The fraction of sp³-hybridized carbons (Fsp3) is 0.444. The Morgan fingerprint density at radius 2 is 1.91 bits per heavy atom. The Hall–Kier alpha value is -2.14. The molecule has 1 heterocycles. The topological polar surface area (TPSA) is 59.0 Å². The van der Waals surface area contributed by atoms with E-state index in [2.05, 4.69) is 29.6 Å². The maximum absolute atomic E-state index is 12.0. The van der Waals surface area contributed by atoms with Gasteiger partial charge in [0.1, 0.15) is 0 Å². The number of benzene rings is 1. The zero-order valence-corrected chi connectivity index (χ0v) is 14.1. The average molecular weight is 314 g/mol. The van der Waals surface area contributed by atoms with Gasteiger partial charge < -0.3 is 10.6 Å². The van der Waals surface area contributed by atoms with E-state index in [1.807, 2.05) is 54.2 Å². The Morgan fingerprint density at radius 3 is 2.57 bits per heavy atom. The Labute approximate surface area is 138 Å².